The molecule has 0 bridgehead atoms. The smallest absolute Gasteiger partial charge is 0.410 e. The number of hydrogen-bond donors (Lipinski definition) is 0. The molecule has 9 heteroatoms. The Kier molecular flexibility index (Phi) is 6.40. The van der Waals surface area contributed by atoms with Gasteiger partial charge in [-0.25, -0.2) is 4.79 Å². The number of rotatable bonds is 4. The number of carbonyl (C=O) groups is 2. The van der Waals surface area contributed by atoms with Crippen LogP contribution in [0.15, 0.2) is 18.2 Å². The van der Waals surface area contributed by atoms with E-state index in [1.165, 1.54) is 23.1 Å². The molecule has 0 aromatic heterocycles. The van der Waals surface area contributed by atoms with Crippen LogP contribution in [0.3, 0.4) is 0 Å². The van der Waals surface area contributed by atoms with Crippen molar-refractivity contribution in [2.24, 2.45) is 0 Å². The number of nitro groups is 1. The van der Waals surface area contributed by atoms with Crippen LogP contribution in [0.5, 0.6) is 5.75 Å². The van der Waals surface area contributed by atoms with Crippen molar-refractivity contribution in [3.63, 3.8) is 0 Å². The molecule has 29 heavy (non-hydrogen) atoms. The summed E-state index contributed by atoms with van der Waals surface area (Å²) in [6.07, 6.45) is -1.22. The molecule has 0 fully saturated rings. The number of nitro benzene ring substituents is 1. The molecule has 0 N–H and O–H groups in total. The first-order valence-electron chi connectivity index (χ1n) is 9.54. The molecular formula is C20H29N3O6. The van der Waals surface area contributed by atoms with E-state index in [0.717, 1.165) is 0 Å². The number of ether oxygens (including phenoxy) is 2. The van der Waals surface area contributed by atoms with Gasteiger partial charge in [0.2, 0.25) is 5.75 Å². The Hall–Kier alpha value is -2.84. The molecule has 2 amide bonds. The molecule has 1 heterocycles. The Bertz CT molecular complexity index is 802. The van der Waals surface area contributed by atoms with Crippen LogP contribution in [-0.4, -0.2) is 64.1 Å². The van der Waals surface area contributed by atoms with Gasteiger partial charge in [0.25, 0.3) is 5.91 Å². The normalized spacial score (nSPS) is 19.3. The topological polar surface area (TPSA) is 102 Å². The number of hydrogen-bond acceptors (Lipinski definition) is 6. The summed E-state index contributed by atoms with van der Waals surface area (Å²) >= 11 is 0. The van der Waals surface area contributed by atoms with Gasteiger partial charge in [0.1, 0.15) is 11.7 Å². The van der Waals surface area contributed by atoms with E-state index in [1.54, 1.807) is 32.7 Å². The molecule has 2 rings (SSSR count). The van der Waals surface area contributed by atoms with Gasteiger partial charge in [-0.2, -0.15) is 0 Å². The van der Waals surface area contributed by atoms with Gasteiger partial charge in [-0.05, 0) is 47.6 Å². The second-order valence-electron chi connectivity index (χ2n) is 8.47. The van der Waals surface area contributed by atoms with Crippen LogP contribution in [0, 0.1) is 10.1 Å². The summed E-state index contributed by atoms with van der Waals surface area (Å²) in [6.45, 7) is 10.9. The monoisotopic (exact) mass is 407 g/mol. The van der Waals surface area contributed by atoms with Gasteiger partial charge in [0.15, 0.2) is 0 Å². The van der Waals surface area contributed by atoms with Crippen molar-refractivity contribution in [3.8, 4) is 5.75 Å². The predicted octanol–water partition coefficient (Wildman–Crippen LogP) is 3.46. The van der Waals surface area contributed by atoms with E-state index < -0.39 is 28.8 Å². The molecule has 0 spiro atoms. The number of para-hydroxylation sites is 1. The maximum atomic E-state index is 13.1. The van der Waals surface area contributed by atoms with E-state index in [1.807, 2.05) is 20.8 Å². The molecular weight excluding hydrogens is 378 g/mol. The SMILES string of the molecule is CC(C)N1C(=O)c2cccc([N+](=O)[O-])c2OC(CN(C)C(=O)OC(C)(C)C)[C@H]1C. The van der Waals surface area contributed by atoms with Crippen molar-refractivity contribution >= 4 is 17.7 Å². The van der Waals surface area contributed by atoms with Crippen molar-refractivity contribution in [2.45, 2.75) is 65.3 Å². The maximum absolute atomic E-state index is 13.1. The molecule has 0 radical (unpaired) electrons. The van der Waals surface area contributed by atoms with E-state index in [4.69, 9.17) is 9.47 Å². The molecule has 1 aromatic carbocycles. The molecule has 0 saturated carbocycles. The van der Waals surface area contributed by atoms with Gasteiger partial charge < -0.3 is 19.3 Å². The van der Waals surface area contributed by atoms with Crippen LogP contribution >= 0.6 is 0 Å². The minimum atomic E-state index is -0.679. The average molecular weight is 407 g/mol. The predicted molar refractivity (Wildman–Crippen MR) is 107 cm³/mol. The van der Waals surface area contributed by atoms with Crippen molar-refractivity contribution in [1.29, 1.82) is 0 Å². The Morgan fingerprint density at radius 2 is 2.00 bits per heavy atom. The first kappa shape index (κ1) is 22.4. The second kappa shape index (κ2) is 8.26. The number of carbonyl (C=O) groups excluding carboxylic acids is 2. The fraction of sp³-hybridized carbons (Fsp3) is 0.600. The highest BCUT2D eigenvalue weighted by Gasteiger charge is 2.40. The molecule has 160 valence electrons. The van der Waals surface area contributed by atoms with Gasteiger partial charge in [0, 0.05) is 19.2 Å². The average Bonchev–Trinajstić information content (AvgIpc) is 2.68. The van der Waals surface area contributed by atoms with Gasteiger partial charge in [0.05, 0.1) is 23.1 Å². The number of amides is 2. The Labute approximate surface area is 170 Å². The number of likely N-dealkylation sites (N-methyl/N-ethyl adjacent to an activating group) is 1. The van der Waals surface area contributed by atoms with Gasteiger partial charge >= 0.3 is 11.8 Å². The Balaban J connectivity index is 2.44. The molecule has 1 unspecified atom stereocenters. The van der Waals surface area contributed by atoms with Gasteiger partial charge in [-0.3, -0.25) is 14.9 Å². The quantitative estimate of drug-likeness (QED) is 0.559. The summed E-state index contributed by atoms with van der Waals surface area (Å²) in [5.41, 5.74) is -0.798. The Morgan fingerprint density at radius 1 is 1.38 bits per heavy atom. The van der Waals surface area contributed by atoms with Crippen LogP contribution in [-0.2, 0) is 4.74 Å². The van der Waals surface area contributed by atoms with Crippen molar-refractivity contribution < 1.29 is 24.0 Å². The van der Waals surface area contributed by atoms with Crippen LogP contribution in [0.2, 0.25) is 0 Å². The highest BCUT2D eigenvalue weighted by Crippen LogP contribution is 2.36. The Morgan fingerprint density at radius 3 is 2.52 bits per heavy atom. The van der Waals surface area contributed by atoms with E-state index in [0.29, 0.717) is 0 Å². The van der Waals surface area contributed by atoms with Gasteiger partial charge in [-0.15, -0.1) is 0 Å². The van der Waals surface area contributed by atoms with E-state index >= 15 is 0 Å². The summed E-state index contributed by atoms with van der Waals surface area (Å²) in [7, 11) is 1.57. The molecule has 1 aromatic rings. The standard InChI is InChI=1S/C20H29N3O6/c1-12(2)22-13(3)16(11-21(7)19(25)29-20(4,5)6)28-17-14(18(22)24)9-8-10-15(17)23(26)27/h8-10,12-13,16H,11H2,1-7H3/t13-,16?/m1/s1. The summed E-state index contributed by atoms with van der Waals surface area (Å²) in [4.78, 5) is 39.4. The number of fused-ring (bicyclic) bond motifs is 1. The maximum Gasteiger partial charge on any atom is 0.410 e. The minimum Gasteiger partial charge on any atom is -0.479 e. The first-order valence-corrected chi connectivity index (χ1v) is 9.54. The lowest BCUT2D eigenvalue weighted by Gasteiger charge is -2.36. The summed E-state index contributed by atoms with van der Waals surface area (Å²) in [6, 6.07) is 3.69. The molecule has 1 aliphatic heterocycles. The van der Waals surface area contributed by atoms with Crippen molar-refractivity contribution in [3.05, 3.63) is 33.9 Å². The zero-order valence-electron chi connectivity index (χ0n) is 18.0. The zero-order valence-corrected chi connectivity index (χ0v) is 18.0. The molecule has 1 aliphatic rings. The lowest BCUT2D eigenvalue weighted by atomic mass is 10.1. The largest absolute Gasteiger partial charge is 0.479 e. The van der Waals surface area contributed by atoms with Crippen LogP contribution in [0.4, 0.5) is 10.5 Å². The molecule has 0 aliphatic carbocycles. The van der Waals surface area contributed by atoms with E-state index in [-0.39, 0.29) is 35.5 Å². The third kappa shape index (κ3) is 4.96. The molecule has 2 atom stereocenters. The molecule has 0 saturated heterocycles. The van der Waals surface area contributed by atoms with Crippen LogP contribution in [0.1, 0.15) is 51.9 Å². The van der Waals surface area contributed by atoms with Crippen molar-refractivity contribution in [1.82, 2.24) is 9.80 Å². The highest BCUT2D eigenvalue weighted by molar-refractivity contribution is 5.99. The van der Waals surface area contributed by atoms with Crippen molar-refractivity contribution in [2.75, 3.05) is 13.6 Å². The van der Waals surface area contributed by atoms with Gasteiger partial charge in [-0.1, -0.05) is 6.07 Å². The zero-order chi connectivity index (χ0) is 22.1. The minimum absolute atomic E-state index is 0.0694. The number of nitrogens with zero attached hydrogens (tertiary/aromatic N) is 3. The lowest BCUT2D eigenvalue weighted by molar-refractivity contribution is -0.386. The lowest BCUT2D eigenvalue weighted by Crippen LogP contribution is -2.52. The summed E-state index contributed by atoms with van der Waals surface area (Å²) in [5.74, 6) is -0.409. The molecule has 9 nitrogen and oxygen atoms in total. The highest BCUT2D eigenvalue weighted by atomic mass is 16.6. The number of benzene rings is 1. The third-order valence-electron chi connectivity index (χ3n) is 4.62. The third-order valence-corrected chi connectivity index (χ3v) is 4.62. The fourth-order valence-electron chi connectivity index (χ4n) is 3.29. The fourth-order valence-corrected chi connectivity index (χ4v) is 3.29. The van der Waals surface area contributed by atoms with E-state index in [2.05, 4.69) is 0 Å². The van der Waals surface area contributed by atoms with E-state index in [9.17, 15) is 19.7 Å². The van der Waals surface area contributed by atoms with Crippen LogP contribution < -0.4 is 4.74 Å². The second-order valence-corrected chi connectivity index (χ2v) is 8.47. The van der Waals surface area contributed by atoms with Crippen LogP contribution in [0.25, 0.3) is 0 Å². The summed E-state index contributed by atoms with van der Waals surface area (Å²) in [5, 5.41) is 11.5. The first-order chi connectivity index (χ1) is 13.3. The summed E-state index contributed by atoms with van der Waals surface area (Å²) < 4.78 is 11.4.